The van der Waals surface area contributed by atoms with E-state index in [1.54, 1.807) is 23.1 Å². The third-order valence-electron chi connectivity index (χ3n) is 7.67. The van der Waals surface area contributed by atoms with Gasteiger partial charge in [-0.15, -0.1) is 0 Å². The predicted molar refractivity (Wildman–Crippen MR) is 149 cm³/mol. The van der Waals surface area contributed by atoms with E-state index in [0.29, 0.717) is 30.1 Å². The maximum absolute atomic E-state index is 13.7. The Balaban J connectivity index is 1.60. The molecule has 3 N–H and O–H groups in total. The van der Waals surface area contributed by atoms with Crippen molar-refractivity contribution in [2.75, 3.05) is 32.1 Å². The molecule has 0 aromatic heterocycles. The Labute approximate surface area is 226 Å². The van der Waals surface area contributed by atoms with E-state index in [9.17, 15) is 14.7 Å². The highest BCUT2D eigenvalue weighted by molar-refractivity contribution is 6.01. The summed E-state index contributed by atoms with van der Waals surface area (Å²) in [5.74, 6) is 0.167. The minimum Gasteiger partial charge on any atom is -0.486 e. The summed E-state index contributed by atoms with van der Waals surface area (Å²) in [6, 6.07) is 15.1. The fourth-order valence-corrected chi connectivity index (χ4v) is 5.42. The first-order chi connectivity index (χ1) is 18.4. The van der Waals surface area contributed by atoms with Gasteiger partial charge in [0.15, 0.2) is 5.75 Å². The third-order valence-corrected chi connectivity index (χ3v) is 7.67. The fraction of sp³-hybridized carbons (Fsp3) is 0.533. The highest BCUT2D eigenvalue weighted by Gasteiger charge is 2.34. The largest absolute Gasteiger partial charge is 0.486 e. The highest BCUT2D eigenvalue weighted by Crippen LogP contribution is 2.35. The molecule has 4 rings (SSSR count). The first-order valence-electron chi connectivity index (χ1n) is 13.9. The standard InChI is InChI=1S/C30H42N4O4/c1-21-17-34(22(2)20-35)29(36)25-15-10-16-26(32-30(37)31-24-13-8-5-9-14-24)28(25)38-27(21)19-33(3)18-23-11-6-4-7-12-23/h4,6-7,10-12,15-16,21-22,24,27,35H,5,8-9,13-14,17-20H2,1-3H3,(H2,31,32,37)/t21-,22-,27+/m1/s1. The molecule has 3 amide bonds. The molecule has 206 valence electrons. The van der Waals surface area contributed by atoms with Crippen LogP contribution in [0.1, 0.15) is 61.9 Å². The molecule has 1 aliphatic carbocycles. The molecule has 0 radical (unpaired) electrons. The van der Waals surface area contributed by atoms with Crippen molar-refractivity contribution < 1.29 is 19.4 Å². The minimum atomic E-state index is -0.343. The Kier molecular flexibility index (Phi) is 9.63. The summed E-state index contributed by atoms with van der Waals surface area (Å²) in [7, 11) is 2.06. The number of nitrogens with one attached hydrogen (secondary N) is 2. The van der Waals surface area contributed by atoms with E-state index in [-0.39, 0.29) is 42.7 Å². The van der Waals surface area contributed by atoms with Crippen LogP contribution in [0.2, 0.25) is 0 Å². The Morgan fingerprint density at radius 1 is 1.13 bits per heavy atom. The normalized spacial score (nSPS) is 21.2. The number of fused-ring (bicyclic) bond motifs is 1. The summed E-state index contributed by atoms with van der Waals surface area (Å²) in [5, 5.41) is 16.0. The van der Waals surface area contributed by atoms with Crippen LogP contribution in [0, 0.1) is 5.92 Å². The van der Waals surface area contributed by atoms with Crippen molar-refractivity contribution in [2.45, 2.75) is 70.7 Å². The summed E-state index contributed by atoms with van der Waals surface area (Å²) in [4.78, 5) is 30.5. The van der Waals surface area contributed by atoms with E-state index in [4.69, 9.17) is 4.74 Å². The molecule has 0 bridgehead atoms. The van der Waals surface area contributed by atoms with Crippen LogP contribution < -0.4 is 15.4 Å². The van der Waals surface area contributed by atoms with Crippen molar-refractivity contribution in [3.8, 4) is 5.75 Å². The van der Waals surface area contributed by atoms with Gasteiger partial charge in [0, 0.05) is 31.6 Å². The molecule has 0 spiro atoms. The van der Waals surface area contributed by atoms with Gasteiger partial charge in [-0.05, 0) is 44.5 Å². The van der Waals surface area contributed by atoms with Gasteiger partial charge in [0.25, 0.3) is 5.91 Å². The quantitative estimate of drug-likeness (QED) is 0.475. The van der Waals surface area contributed by atoms with E-state index in [0.717, 1.165) is 32.2 Å². The number of ether oxygens (including phenoxy) is 1. The molecule has 1 fully saturated rings. The molecule has 2 aromatic rings. The van der Waals surface area contributed by atoms with Crippen molar-refractivity contribution in [3.05, 3.63) is 59.7 Å². The average Bonchev–Trinajstić information content (AvgIpc) is 2.91. The van der Waals surface area contributed by atoms with Crippen molar-refractivity contribution in [1.82, 2.24) is 15.1 Å². The number of nitrogens with zero attached hydrogens (tertiary/aromatic N) is 2. The second-order valence-electron chi connectivity index (χ2n) is 10.9. The number of urea groups is 1. The van der Waals surface area contributed by atoms with Gasteiger partial charge in [0.1, 0.15) is 6.10 Å². The Hall–Kier alpha value is -3.10. The van der Waals surface area contributed by atoms with Crippen molar-refractivity contribution in [1.29, 1.82) is 0 Å². The molecule has 1 aliphatic heterocycles. The van der Waals surface area contributed by atoms with Crippen LogP contribution in [0.5, 0.6) is 5.75 Å². The number of para-hydroxylation sites is 1. The van der Waals surface area contributed by atoms with Crippen LogP contribution in [-0.4, -0.2) is 71.8 Å². The van der Waals surface area contributed by atoms with Gasteiger partial charge < -0.3 is 25.4 Å². The van der Waals surface area contributed by atoms with Crippen LogP contribution >= 0.6 is 0 Å². The van der Waals surface area contributed by atoms with Crippen LogP contribution in [0.25, 0.3) is 0 Å². The Morgan fingerprint density at radius 2 is 1.87 bits per heavy atom. The van der Waals surface area contributed by atoms with Gasteiger partial charge in [-0.25, -0.2) is 4.79 Å². The number of carbonyl (C=O) groups excluding carboxylic acids is 2. The summed E-state index contributed by atoms with van der Waals surface area (Å²) >= 11 is 0. The molecule has 0 saturated heterocycles. The summed E-state index contributed by atoms with van der Waals surface area (Å²) in [5.41, 5.74) is 2.08. The maximum Gasteiger partial charge on any atom is 0.319 e. The number of anilines is 1. The van der Waals surface area contributed by atoms with Gasteiger partial charge >= 0.3 is 6.03 Å². The average molecular weight is 523 g/mol. The number of likely N-dealkylation sites (N-methyl/N-ethyl adjacent to an activating group) is 1. The molecular formula is C30H42N4O4. The molecule has 38 heavy (non-hydrogen) atoms. The van der Waals surface area contributed by atoms with E-state index in [1.807, 2.05) is 25.1 Å². The number of aliphatic hydroxyl groups excluding tert-OH is 1. The second kappa shape index (κ2) is 13.1. The smallest absolute Gasteiger partial charge is 0.319 e. The van der Waals surface area contributed by atoms with Crippen molar-refractivity contribution >= 4 is 17.6 Å². The topological polar surface area (TPSA) is 94.1 Å². The molecule has 3 atom stereocenters. The molecular weight excluding hydrogens is 480 g/mol. The molecule has 1 saturated carbocycles. The predicted octanol–water partition coefficient (Wildman–Crippen LogP) is 4.49. The van der Waals surface area contributed by atoms with Gasteiger partial charge in [0.05, 0.1) is 23.9 Å². The Bertz CT molecular complexity index is 1070. The van der Waals surface area contributed by atoms with E-state index in [1.165, 1.54) is 12.0 Å². The second-order valence-corrected chi connectivity index (χ2v) is 10.9. The van der Waals surface area contributed by atoms with Crippen molar-refractivity contribution in [3.63, 3.8) is 0 Å². The van der Waals surface area contributed by atoms with Crippen molar-refractivity contribution in [2.24, 2.45) is 5.92 Å². The number of rotatable bonds is 8. The lowest BCUT2D eigenvalue weighted by molar-refractivity contribution is 0.0343. The first kappa shape index (κ1) is 27.9. The zero-order chi connectivity index (χ0) is 27.1. The van der Waals surface area contributed by atoms with Crippen LogP contribution in [0.4, 0.5) is 10.5 Å². The number of benzene rings is 2. The molecule has 8 heteroatoms. The first-order valence-corrected chi connectivity index (χ1v) is 13.9. The van der Waals surface area contributed by atoms with Gasteiger partial charge in [-0.2, -0.15) is 0 Å². The van der Waals surface area contributed by atoms with Gasteiger partial charge in [-0.1, -0.05) is 62.6 Å². The number of hydrogen-bond acceptors (Lipinski definition) is 5. The monoisotopic (exact) mass is 522 g/mol. The molecule has 2 aromatic carbocycles. The highest BCUT2D eigenvalue weighted by atomic mass is 16.5. The lowest BCUT2D eigenvalue weighted by Gasteiger charge is -2.38. The number of hydrogen-bond donors (Lipinski definition) is 3. The summed E-state index contributed by atoms with van der Waals surface area (Å²) in [6.45, 7) is 5.65. The van der Waals surface area contributed by atoms with Gasteiger partial charge in [-0.3, -0.25) is 9.69 Å². The zero-order valence-corrected chi connectivity index (χ0v) is 22.9. The maximum atomic E-state index is 13.7. The van der Waals surface area contributed by atoms with Crippen LogP contribution in [0.3, 0.4) is 0 Å². The fourth-order valence-electron chi connectivity index (χ4n) is 5.42. The molecule has 8 nitrogen and oxygen atoms in total. The van der Waals surface area contributed by atoms with E-state index >= 15 is 0 Å². The third kappa shape index (κ3) is 7.05. The lowest BCUT2D eigenvalue weighted by atomic mass is 9.96. The van der Waals surface area contributed by atoms with E-state index < -0.39 is 0 Å². The van der Waals surface area contributed by atoms with Gasteiger partial charge in [0.2, 0.25) is 0 Å². The van der Waals surface area contributed by atoms with Crippen LogP contribution in [-0.2, 0) is 6.54 Å². The molecule has 0 unspecified atom stereocenters. The Morgan fingerprint density at radius 3 is 2.58 bits per heavy atom. The zero-order valence-electron chi connectivity index (χ0n) is 22.9. The van der Waals surface area contributed by atoms with Crippen LogP contribution in [0.15, 0.2) is 48.5 Å². The molecule has 2 aliphatic rings. The number of aliphatic hydroxyl groups is 1. The number of amides is 3. The van der Waals surface area contributed by atoms with E-state index in [2.05, 4.69) is 41.6 Å². The SMILES string of the molecule is C[C@@H]1CN([C@H](C)CO)C(=O)c2cccc(NC(=O)NC3CCCCC3)c2O[C@H]1CN(C)Cc1ccccc1. The minimum absolute atomic E-state index is 0.0107. The summed E-state index contributed by atoms with van der Waals surface area (Å²) < 4.78 is 6.62. The lowest BCUT2D eigenvalue weighted by Crippen LogP contribution is -2.49. The number of carbonyl (C=O) groups is 2. The summed E-state index contributed by atoms with van der Waals surface area (Å²) in [6.07, 6.45) is 5.18. The molecule has 1 heterocycles.